The number of methoxy groups -OCH3 is 1. The predicted molar refractivity (Wildman–Crippen MR) is 113 cm³/mol. The van der Waals surface area contributed by atoms with Gasteiger partial charge in [-0.1, -0.05) is 6.07 Å². The summed E-state index contributed by atoms with van der Waals surface area (Å²) in [5.41, 5.74) is 2.99. The van der Waals surface area contributed by atoms with Gasteiger partial charge >= 0.3 is 0 Å². The van der Waals surface area contributed by atoms with Crippen molar-refractivity contribution in [2.75, 3.05) is 50.6 Å². The number of ether oxygens (including phenoxy) is 1. The van der Waals surface area contributed by atoms with Crippen LogP contribution in [0.5, 0.6) is 5.75 Å². The molecule has 0 unspecified atom stereocenters. The summed E-state index contributed by atoms with van der Waals surface area (Å²) < 4.78 is 11.1. The maximum Gasteiger partial charge on any atom is 0.262 e. The van der Waals surface area contributed by atoms with Gasteiger partial charge in [0, 0.05) is 55.5 Å². The number of likely N-dealkylation sites (N-methyl/N-ethyl adjacent to an activating group) is 1. The van der Waals surface area contributed by atoms with Gasteiger partial charge < -0.3 is 24.3 Å². The van der Waals surface area contributed by atoms with E-state index in [1.54, 1.807) is 12.4 Å². The van der Waals surface area contributed by atoms with Gasteiger partial charge in [-0.15, -0.1) is 0 Å². The molecule has 1 aromatic carbocycles. The van der Waals surface area contributed by atoms with Crippen LogP contribution >= 0.6 is 0 Å². The van der Waals surface area contributed by atoms with Crippen LogP contribution < -0.4 is 15.0 Å². The Morgan fingerprint density at radius 2 is 1.90 bits per heavy atom. The quantitative estimate of drug-likeness (QED) is 0.718. The highest BCUT2D eigenvalue weighted by Gasteiger charge is 2.22. The van der Waals surface area contributed by atoms with E-state index < -0.39 is 0 Å². The second-order valence-corrected chi connectivity index (χ2v) is 7.04. The van der Waals surface area contributed by atoms with Gasteiger partial charge in [0.15, 0.2) is 11.5 Å². The van der Waals surface area contributed by atoms with Crippen molar-refractivity contribution in [2.45, 2.75) is 0 Å². The van der Waals surface area contributed by atoms with Crippen LogP contribution in [-0.4, -0.2) is 56.1 Å². The van der Waals surface area contributed by atoms with Crippen LogP contribution in [0.4, 0.5) is 11.4 Å². The van der Waals surface area contributed by atoms with Crippen LogP contribution in [0.1, 0.15) is 10.4 Å². The monoisotopic (exact) mass is 392 g/mol. The van der Waals surface area contributed by atoms with E-state index in [1.165, 1.54) is 13.4 Å². The average Bonchev–Trinajstić information content (AvgIpc) is 3.19. The van der Waals surface area contributed by atoms with Crippen LogP contribution in [0.2, 0.25) is 0 Å². The number of furan rings is 1. The average molecular weight is 392 g/mol. The zero-order valence-corrected chi connectivity index (χ0v) is 16.6. The van der Waals surface area contributed by atoms with Gasteiger partial charge in [-0.05, 0) is 37.4 Å². The topological polar surface area (TPSA) is 70.8 Å². The summed E-state index contributed by atoms with van der Waals surface area (Å²) in [5.74, 6) is 0.636. The van der Waals surface area contributed by atoms with E-state index in [1.807, 2.05) is 30.3 Å². The minimum absolute atomic E-state index is 0.276. The maximum atomic E-state index is 12.9. The number of benzene rings is 1. The number of carbonyl (C=O) groups is 1. The smallest absolute Gasteiger partial charge is 0.262 e. The van der Waals surface area contributed by atoms with E-state index in [2.05, 4.69) is 33.2 Å². The lowest BCUT2D eigenvalue weighted by molar-refractivity contribution is 0.102. The molecule has 4 rings (SSSR count). The van der Waals surface area contributed by atoms with Gasteiger partial charge in [-0.3, -0.25) is 9.78 Å². The SMILES string of the molecule is COc1c(C(=O)Nc2cccc(N3CCN(C)CC3)c2)coc1-c1ccncc1. The Balaban J connectivity index is 1.53. The van der Waals surface area contributed by atoms with Crippen LogP contribution in [-0.2, 0) is 0 Å². The first-order chi connectivity index (χ1) is 14.2. The third kappa shape index (κ3) is 4.09. The number of anilines is 2. The van der Waals surface area contributed by atoms with Gasteiger partial charge in [-0.2, -0.15) is 0 Å². The van der Waals surface area contributed by atoms with E-state index in [0.717, 1.165) is 43.1 Å². The third-order valence-electron chi connectivity index (χ3n) is 5.11. The van der Waals surface area contributed by atoms with E-state index in [4.69, 9.17) is 9.15 Å². The number of pyridine rings is 1. The molecular weight excluding hydrogens is 368 g/mol. The Morgan fingerprint density at radius 3 is 2.62 bits per heavy atom. The lowest BCUT2D eigenvalue weighted by Gasteiger charge is -2.34. The fourth-order valence-corrected chi connectivity index (χ4v) is 3.45. The van der Waals surface area contributed by atoms with Gasteiger partial charge in [0.25, 0.3) is 5.91 Å². The number of amides is 1. The first-order valence-electron chi connectivity index (χ1n) is 9.56. The highest BCUT2D eigenvalue weighted by atomic mass is 16.5. The number of piperazine rings is 1. The Bertz CT molecular complexity index is 979. The molecule has 1 aliphatic rings. The standard InChI is InChI=1S/C22H24N4O3/c1-25-10-12-26(13-11-25)18-5-3-4-17(14-18)24-22(27)19-15-29-20(21(19)28-2)16-6-8-23-9-7-16/h3-9,14-15H,10-13H2,1-2H3,(H,24,27). The Labute approximate surface area is 169 Å². The van der Waals surface area contributed by atoms with Crippen molar-refractivity contribution >= 4 is 17.3 Å². The highest BCUT2D eigenvalue weighted by Crippen LogP contribution is 2.35. The minimum Gasteiger partial charge on any atom is -0.492 e. The number of hydrogen-bond donors (Lipinski definition) is 1. The molecule has 150 valence electrons. The lowest BCUT2D eigenvalue weighted by Crippen LogP contribution is -2.44. The Hall–Kier alpha value is -3.32. The van der Waals surface area contributed by atoms with Crippen LogP contribution in [0.25, 0.3) is 11.3 Å². The van der Waals surface area contributed by atoms with Crippen LogP contribution in [0.15, 0.2) is 59.5 Å². The number of aromatic nitrogens is 1. The molecule has 3 heterocycles. The molecule has 3 aromatic rings. The van der Waals surface area contributed by atoms with Crippen LogP contribution in [0.3, 0.4) is 0 Å². The molecule has 1 amide bonds. The second-order valence-electron chi connectivity index (χ2n) is 7.04. The molecule has 2 aromatic heterocycles. The summed E-state index contributed by atoms with van der Waals surface area (Å²) in [6.07, 6.45) is 4.76. The Kier molecular flexibility index (Phi) is 5.48. The normalized spacial score (nSPS) is 14.6. The van der Waals surface area contributed by atoms with E-state index in [9.17, 15) is 4.79 Å². The summed E-state index contributed by atoms with van der Waals surface area (Å²) in [7, 11) is 3.66. The molecule has 7 nitrogen and oxygen atoms in total. The molecule has 0 radical (unpaired) electrons. The number of nitrogens with one attached hydrogen (secondary N) is 1. The summed E-state index contributed by atoms with van der Waals surface area (Å²) in [6, 6.07) is 11.5. The number of carbonyl (C=O) groups excluding carboxylic acids is 1. The predicted octanol–water partition coefficient (Wildman–Crippen LogP) is 3.35. The Morgan fingerprint density at radius 1 is 1.14 bits per heavy atom. The summed E-state index contributed by atoms with van der Waals surface area (Å²) in [4.78, 5) is 21.5. The molecule has 0 saturated carbocycles. The van der Waals surface area contributed by atoms with Gasteiger partial charge in [0.2, 0.25) is 0 Å². The van der Waals surface area contributed by atoms with Gasteiger partial charge in [0.1, 0.15) is 11.8 Å². The number of rotatable bonds is 5. The van der Waals surface area contributed by atoms with Crippen LogP contribution in [0, 0.1) is 0 Å². The first kappa shape index (κ1) is 19.0. The number of nitrogens with zero attached hydrogens (tertiary/aromatic N) is 3. The fraction of sp³-hybridized carbons (Fsp3) is 0.273. The third-order valence-corrected chi connectivity index (χ3v) is 5.11. The molecule has 7 heteroatoms. The van der Waals surface area contributed by atoms with E-state index in [-0.39, 0.29) is 5.91 Å². The largest absolute Gasteiger partial charge is 0.492 e. The van der Waals surface area contributed by atoms with E-state index in [0.29, 0.717) is 17.1 Å². The molecule has 1 fully saturated rings. The molecular formula is C22H24N4O3. The molecule has 0 bridgehead atoms. The van der Waals surface area contributed by atoms with Crippen molar-refractivity contribution in [3.63, 3.8) is 0 Å². The van der Waals surface area contributed by atoms with Crippen molar-refractivity contribution in [2.24, 2.45) is 0 Å². The molecule has 0 aliphatic carbocycles. The van der Waals surface area contributed by atoms with Crippen molar-refractivity contribution in [3.05, 3.63) is 60.6 Å². The zero-order valence-electron chi connectivity index (χ0n) is 16.6. The van der Waals surface area contributed by atoms with Crippen molar-refractivity contribution in [3.8, 4) is 17.1 Å². The molecule has 0 spiro atoms. The van der Waals surface area contributed by atoms with Gasteiger partial charge in [-0.25, -0.2) is 0 Å². The molecule has 1 aliphatic heterocycles. The van der Waals surface area contributed by atoms with E-state index >= 15 is 0 Å². The number of hydrogen-bond acceptors (Lipinski definition) is 6. The molecule has 1 saturated heterocycles. The summed E-state index contributed by atoms with van der Waals surface area (Å²) >= 11 is 0. The maximum absolute atomic E-state index is 12.9. The molecule has 0 atom stereocenters. The van der Waals surface area contributed by atoms with Crippen molar-refractivity contribution in [1.82, 2.24) is 9.88 Å². The zero-order chi connectivity index (χ0) is 20.2. The lowest BCUT2D eigenvalue weighted by atomic mass is 10.1. The molecule has 1 N–H and O–H groups in total. The highest BCUT2D eigenvalue weighted by molar-refractivity contribution is 6.07. The fourth-order valence-electron chi connectivity index (χ4n) is 3.45. The summed E-state index contributed by atoms with van der Waals surface area (Å²) in [6.45, 7) is 4.00. The van der Waals surface area contributed by atoms with Gasteiger partial charge in [0.05, 0.1) is 7.11 Å². The second kappa shape index (κ2) is 8.36. The first-order valence-corrected chi connectivity index (χ1v) is 9.56. The van der Waals surface area contributed by atoms with Crippen molar-refractivity contribution in [1.29, 1.82) is 0 Å². The minimum atomic E-state index is -0.276. The van der Waals surface area contributed by atoms with Crippen molar-refractivity contribution < 1.29 is 13.9 Å². The molecule has 29 heavy (non-hydrogen) atoms. The summed E-state index contributed by atoms with van der Waals surface area (Å²) in [5, 5.41) is 2.96.